The fraction of sp³-hybridized carbons (Fsp3) is 0.421. The maximum atomic E-state index is 12.0. The van der Waals surface area contributed by atoms with Gasteiger partial charge in [-0.2, -0.15) is 0 Å². The molecule has 0 bridgehead atoms. The van der Waals surface area contributed by atoms with E-state index >= 15 is 0 Å². The summed E-state index contributed by atoms with van der Waals surface area (Å²) in [6, 6.07) is 7.34. The predicted octanol–water partition coefficient (Wildman–Crippen LogP) is 3.19. The van der Waals surface area contributed by atoms with Crippen molar-refractivity contribution in [3.05, 3.63) is 51.5 Å². The number of aryl methyl sites for hydroxylation is 1. The molecular formula is C19H25N3O2S. The van der Waals surface area contributed by atoms with E-state index in [1.807, 2.05) is 24.4 Å². The lowest BCUT2D eigenvalue weighted by Gasteiger charge is -2.14. The molecule has 2 N–H and O–H groups in total. The fourth-order valence-electron chi connectivity index (χ4n) is 2.10. The van der Waals surface area contributed by atoms with Crippen molar-refractivity contribution >= 4 is 23.2 Å². The molecule has 5 nitrogen and oxygen atoms in total. The lowest BCUT2D eigenvalue weighted by molar-refractivity contribution is -0.121. The second kappa shape index (κ2) is 8.25. The first-order valence-electron chi connectivity index (χ1n) is 8.32. The van der Waals surface area contributed by atoms with Crippen LogP contribution in [0.3, 0.4) is 0 Å². The van der Waals surface area contributed by atoms with E-state index in [9.17, 15) is 9.59 Å². The van der Waals surface area contributed by atoms with Gasteiger partial charge in [0.05, 0.1) is 12.2 Å². The number of amides is 2. The highest BCUT2D eigenvalue weighted by Gasteiger charge is 2.17. The van der Waals surface area contributed by atoms with Crippen molar-refractivity contribution in [3.8, 4) is 0 Å². The van der Waals surface area contributed by atoms with Gasteiger partial charge in [0, 0.05) is 29.3 Å². The summed E-state index contributed by atoms with van der Waals surface area (Å²) in [5, 5.41) is 8.52. The molecule has 0 radical (unpaired) electrons. The van der Waals surface area contributed by atoms with E-state index in [0.717, 1.165) is 16.3 Å². The number of nitrogens with zero attached hydrogens (tertiary/aromatic N) is 1. The highest BCUT2D eigenvalue weighted by atomic mass is 32.1. The summed E-state index contributed by atoms with van der Waals surface area (Å²) < 4.78 is 0. The van der Waals surface area contributed by atoms with Gasteiger partial charge in [-0.05, 0) is 19.1 Å². The summed E-state index contributed by atoms with van der Waals surface area (Å²) in [5.41, 5.74) is 2.75. The van der Waals surface area contributed by atoms with Crippen LogP contribution in [0.15, 0.2) is 29.6 Å². The van der Waals surface area contributed by atoms with E-state index < -0.39 is 0 Å². The van der Waals surface area contributed by atoms with Crippen molar-refractivity contribution in [3.63, 3.8) is 0 Å². The fourth-order valence-corrected chi connectivity index (χ4v) is 3.06. The van der Waals surface area contributed by atoms with Gasteiger partial charge in [-0.1, -0.05) is 38.5 Å². The molecule has 134 valence electrons. The monoisotopic (exact) mass is 359 g/mol. The molecule has 0 spiro atoms. The Kier molecular flexibility index (Phi) is 6.31. The van der Waals surface area contributed by atoms with Crippen molar-refractivity contribution < 1.29 is 9.59 Å². The predicted molar refractivity (Wildman–Crippen MR) is 101 cm³/mol. The van der Waals surface area contributed by atoms with Gasteiger partial charge in [-0.25, -0.2) is 4.98 Å². The van der Waals surface area contributed by atoms with Crippen LogP contribution >= 0.6 is 11.3 Å². The molecule has 2 rings (SSSR count). The number of rotatable bonds is 6. The molecule has 2 aromatic rings. The Bertz CT molecular complexity index is 730. The Labute approximate surface area is 152 Å². The molecule has 6 heteroatoms. The molecule has 0 atom stereocenters. The van der Waals surface area contributed by atoms with Crippen LogP contribution in [0.4, 0.5) is 0 Å². The van der Waals surface area contributed by atoms with Gasteiger partial charge in [0.1, 0.15) is 5.01 Å². The number of nitrogens with one attached hydrogen (secondary N) is 2. The van der Waals surface area contributed by atoms with E-state index in [1.165, 1.54) is 0 Å². The zero-order valence-corrected chi connectivity index (χ0v) is 16.0. The Morgan fingerprint density at radius 2 is 1.80 bits per heavy atom. The lowest BCUT2D eigenvalue weighted by Crippen LogP contribution is -2.30. The smallest absolute Gasteiger partial charge is 0.251 e. The van der Waals surface area contributed by atoms with Crippen LogP contribution in [0.1, 0.15) is 53.8 Å². The molecule has 0 fully saturated rings. The minimum atomic E-state index is -0.164. The van der Waals surface area contributed by atoms with E-state index in [-0.39, 0.29) is 23.7 Å². The van der Waals surface area contributed by atoms with Gasteiger partial charge in [0.25, 0.3) is 5.91 Å². The first kappa shape index (κ1) is 19.1. The van der Waals surface area contributed by atoms with Crippen LogP contribution < -0.4 is 10.6 Å². The summed E-state index contributed by atoms with van der Waals surface area (Å²) in [4.78, 5) is 28.4. The van der Waals surface area contributed by atoms with E-state index in [4.69, 9.17) is 0 Å². The van der Waals surface area contributed by atoms with Crippen LogP contribution in [-0.4, -0.2) is 23.3 Å². The van der Waals surface area contributed by atoms with Gasteiger partial charge < -0.3 is 10.6 Å². The molecule has 1 aromatic carbocycles. The van der Waals surface area contributed by atoms with Crippen molar-refractivity contribution in [1.82, 2.24) is 15.6 Å². The molecule has 0 aliphatic heterocycles. The summed E-state index contributed by atoms with van der Waals surface area (Å²) >= 11 is 1.55. The molecule has 25 heavy (non-hydrogen) atoms. The number of aromatic nitrogens is 1. The molecule has 0 aliphatic rings. The Balaban J connectivity index is 1.71. The van der Waals surface area contributed by atoms with Crippen LogP contribution in [0, 0.1) is 6.92 Å². The van der Waals surface area contributed by atoms with Crippen molar-refractivity contribution in [2.24, 2.45) is 0 Å². The summed E-state index contributed by atoms with van der Waals surface area (Å²) in [6.45, 7) is 9.04. The van der Waals surface area contributed by atoms with Crippen molar-refractivity contribution in [2.45, 2.75) is 46.1 Å². The van der Waals surface area contributed by atoms with Gasteiger partial charge >= 0.3 is 0 Å². The van der Waals surface area contributed by atoms with Gasteiger partial charge in [-0.3, -0.25) is 9.59 Å². The average Bonchev–Trinajstić information content (AvgIpc) is 3.03. The number of carbonyl (C=O) groups excluding carboxylic acids is 2. The van der Waals surface area contributed by atoms with E-state index in [2.05, 4.69) is 36.4 Å². The highest BCUT2D eigenvalue weighted by molar-refractivity contribution is 7.09. The first-order chi connectivity index (χ1) is 11.8. The maximum absolute atomic E-state index is 12.0. The van der Waals surface area contributed by atoms with Crippen molar-refractivity contribution in [1.29, 1.82) is 0 Å². The third-order valence-electron chi connectivity index (χ3n) is 3.71. The zero-order valence-electron chi connectivity index (χ0n) is 15.2. The summed E-state index contributed by atoms with van der Waals surface area (Å²) in [7, 11) is 0. The number of benzene rings is 1. The topological polar surface area (TPSA) is 71.1 Å². The molecule has 0 saturated carbocycles. The normalized spacial score (nSPS) is 11.2. The number of carbonyl (C=O) groups is 2. The second-order valence-electron chi connectivity index (χ2n) is 7.03. The van der Waals surface area contributed by atoms with Crippen molar-refractivity contribution in [2.75, 3.05) is 6.54 Å². The van der Waals surface area contributed by atoms with E-state index in [1.54, 1.807) is 23.5 Å². The van der Waals surface area contributed by atoms with Gasteiger partial charge in [-0.15, -0.1) is 11.3 Å². The molecule has 0 saturated heterocycles. The maximum Gasteiger partial charge on any atom is 0.251 e. The quantitative estimate of drug-likeness (QED) is 0.832. The Morgan fingerprint density at radius 1 is 1.12 bits per heavy atom. The third kappa shape index (κ3) is 5.98. The Hall–Kier alpha value is -2.21. The molecule has 0 aliphatic carbocycles. The third-order valence-corrected chi connectivity index (χ3v) is 4.56. The van der Waals surface area contributed by atoms with Crippen LogP contribution in [0.5, 0.6) is 0 Å². The number of thiazole rings is 1. The SMILES string of the molecule is Cc1ccc(C(=O)NCCC(=O)NCc2nc(C(C)(C)C)cs2)cc1. The minimum absolute atomic E-state index is 0.0129. The lowest BCUT2D eigenvalue weighted by atomic mass is 9.93. The minimum Gasteiger partial charge on any atom is -0.352 e. The summed E-state index contributed by atoms with van der Waals surface area (Å²) in [5.74, 6) is -0.265. The molecule has 0 unspecified atom stereocenters. The highest BCUT2D eigenvalue weighted by Crippen LogP contribution is 2.23. The van der Waals surface area contributed by atoms with Crippen LogP contribution in [0.2, 0.25) is 0 Å². The molecule has 2 amide bonds. The zero-order chi connectivity index (χ0) is 18.4. The number of hydrogen-bond acceptors (Lipinski definition) is 4. The standard InChI is InChI=1S/C19H25N3O2S/c1-13-5-7-14(8-6-13)18(24)20-10-9-16(23)21-11-17-22-15(12-25-17)19(2,3)4/h5-8,12H,9-11H2,1-4H3,(H,20,24)(H,21,23). The molecule has 1 aromatic heterocycles. The largest absolute Gasteiger partial charge is 0.352 e. The van der Waals surface area contributed by atoms with Crippen LogP contribution in [0.25, 0.3) is 0 Å². The Morgan fingerprint density at radius 3 is 2.40 bits per heavy atom. The molecule has 1 heterocycles. The average molecular weight is 359 g/mol. The van der Waals surface area contributed by atoms with Crippen LogP contribution in [-0.2, 0) is 16.8 Å². The first-order valence-corrected chi connectivity index (χ1v) is 9.20. The second-order valence-corrected chi connectivity index (χ2v) is 7.97. The van der Waals surface area contributed by atoms with E-state index in [0.29, 0.717) is 18.7 Å². The summed E-state index contributed by atoms with van der Waals surface area (Å²) in [6.07, 6.45) is 0.245. The van der Waals surface area contributed by atoms with Gasteiger partial charge in [0.15, 0.2) is 0 Å². The van der Waals surface area contributed by atoms with Gasteiger partial charge in [0.2, 0.25) is 5.91 Å². The number of hydrogen-bond donors (Lipinski definition) is 2. The molecular weight excluding hydrogens is 334 g/mol.